The molecular formula is C12H21N3O4. The van der Waals surface area contributed by atoms with Gasteiger partial charge in [0.1, 0.15) is 6.04 Å². The molecule has 108 valence electrons. The fourth-order valence-corrected chi connectivity index (χ4v) is 2.13. The molecule has 0 aromatic carbocycles. The first-order chi connectivity index (χ1) is 8.99. The number of amides is 3. The maximum absolute atomic E-state index is 12.1. The molecule has 0 bridgehead atoms. The Morgan fingerprint density at radius 1 is 1.53 bits per heavy atom. The van der Waals surface area contributed by atoms with E-state index in [0.717, 1.165) is 0 Å². The van der Waals surface area contributed by atoms with Crippen LogP contribution < -0.4 is 10.6 Å². The summed E-state index contributed by atoms with van der Waals surface area (Å²) < 4.78 is 0. The molecule has 2 unspecified atom stereocenters. The van der Waals surface area contributed by atoms with Crippen molar-refractivity contribution in [2.45, 2.75) is 45.2 Å². The zero-order valence-corrected chi connectivity index (χ0v) is 11.3. The second-order valence-corrected chi connectivity index (χ2v) is 4.56. The minimum Gasteiger partial charge on any atom is -0.481 e. The number of hydrogen-bond donors (Lipinski definition) is 3. The summed E-state index contributed by atoms with van der Waals surface area (Å²) in [6.07, 6.45) is 0.961. The van der Waals surface area contributed by atoms with Crippen molar-refractivity contribution in [3.63, 3.8) is 0 Å². The number of nitrogens with zero attached hydrogens (tertiary/aromatic N) is 1. The summed E-state index contributed by atoms with van der Waals surface area (Å²) >= 11 is 0. The van der Waals surface area contributed by atoms with E-state index in [0.29, 0.717) is 25.9 Å². The third-order valence-electron chi connectivity index (χ3n) is 3.22. The molecular weight excluding hydrogens is 250 g/mol. The first-order valence-corrected chi connectivity index (χ1v) is 6.56. The summed E-state index contributed by atoms with van der Waals surface area (Å²) in [7, 11) is 0. The van der Waals surface area contributed by atoms with Crippen molar-refractivity contribution in [2.75, 3.05) is 13.1 Å². The van der Waals surface area contributed by atoms with Crippen LogP contribution in [-0.2, 0) is 9.59 Å². The minimum absolute atomic E-state index is 0.112. The molecule has 3 amide bonds. The predicted molar refractivity (Wildman–Crippen MR) is 68.7 cm³/mol. The van der Waals surface area contributed by atoms with Crippen LogP contribution in [0.4, 0.5) is 4.79 Å². The van der Waals surface area contributed by atoms with Crippen LogP contribution in [0.2, 0.25) is 0 Å². The third-order valence-corrected chi connectivity index (χ3v) is 3.22. The minimum atomic E-state index is -0.949. The summed E-state index contributed by atoms with van der Waals surface area (Å²) in [4.78, 5) is 35.9. The highest BCUT2D eigenvalue weighted by Gasteiger charge is 2.32. The molecule has 19 heavy (non-hydrogen) atoms. The van der Waals surface area contributed by atoms with Gasteiger partial charge in [-0.25, -0.2) is 4.79 Å². The number of nitrogens with one attached hydrogen (secondary N) is 2. The van der Waals surface area contributed by atoms with Crippen LogP contribution in [0, 0.1) is 0 Å². The summed E-state index contributed by atoms with van der Waals surface area (Å²) in [5.74, 6) is -1.11. The van der Waals surface area contributed by atoms with Crippen LogP contribution in [0.3, 0.4) is 0 Å². The maximum atomic E-state index is 12.1. The highest BCUT2D eigenvalue weighted by molar-refractivity contribution is 5.88. The van der Waals surface area contributed by atoms with Crippen molar-refractivity contribution in [3.05, 3.63) is 0 Å². The zero-order valence-electron chi connectivity index (χ0n) is 11.3. The van der Waals surface area contributed by atoms with Gasteiger partial charge in [-0.15, -0.1) is 0 Å². The van der Waals surface area contributed by atoms with Gasteiger partial charge in [0.25, 0.3) is 0 Å². The van der Waals surface area contributed by atoms with Crippen molar-refractivity contribution in [1.29, 1.82) is 0 Å². The number of hydrogen-bond acceptors (Lipinski definition) is 3. The maximum Gasteiger partial charge on any atom is 0.318 e. The van der Waals surface area contributed by atoms with Gasteiger partial charge < -0.3 is 20.6 Å². The molecule has 7 heteroatoms. The van der Waals surface area contributed by atoms with Crippen LogP contribution >= 0.6 is 0 Å². The van der Waals surface area contributed by atoms with Crippen LogP contribution in [0.5, 0.6) is 0 Å². The molecule has 1 saturated heterocycles. The van der Waals surface area contributed by atoms with Gasteiger partial charge in [0.05, 0.1) is 6.42 Å². The summed E-state index contributed by atoms with van der Waals surface area (Å²) in [5.41, 5.74) is 0. The van der Waals surface area contributed by atoms with Crippen LogP contribution in [0.25, 0.3) is 0 Å². The molecule has 3 N–H and O–H groups in total. The van der Waals surface area contributed by atoms with E-state index < -0.39 is 18.1 Å². The number of carboxylic acid groups (broad SMARTS) is 1. The van der Waals surface area contributed by atoms with E-state index in [-0.39, 0.29) is 18.4 Å². The van der Waals surface area contributed by atoms with Crippen molar-refractivity contribution in [3.8, 4) is 0 Å². The van der Waals surface area contributed by atoms with Gasteiger partial charge in [-0.3, -0.25) is 9.59 Å². The Labute approximate surface area is 112 Å². The largest absolute Gasteiger partial charge is 0.481 e. The molecule has 0 aromatic heterocycles. The van der Waals surface area contributed by atoms with Gasteiger partial charge in [0.15, 0.2) is 0 Å². The van der Waals surface area contributed by atoms with E-state index in [1.165, 1.54) is 4.90 Å². The highest BCUT2D eigenvalue weighted by atomic mass is 16.4. The van der Waals surface area contributed by atoms with Crippen molar-refractivity contribution in [1.82, 2.24) is 15.5 Å². The monoisotopic (exact) mass is 271 g/mol. The standard InChI is InChI=1S/C12H21N3O4/c1-3-8(7-10(16)17)14-12(19)15-6-5-13-11(18)9(15)4-2/h8-9H,3-7H2,1-2H3,(H,13,18)(H,14,19)(H,16,17). The summed E-state index contributed by atoms with van der Waals surface area (Å²) in [5, 5.41) is 14.1. The Kier molecular flexibility index (Phi) is 5.59. The van der Waals surface area contributed by atoms with Gasteiger partial charge in [-0.1, -0.05) is 13.8 Å². The van der Waals surface area contributed by atoms with E-state index in [1.54, 1.807) is 0 Å². The molecule has 0 aromatic rings. The average Bonchev–Trinajstić information content (AvgIpc) is 2.36. The van der Waals surface area contributed by atoms with Gasteiger partial charge in [0.2, 0.25) is 5.91 Å². The second kappa shape index (κ2) is 6.96. The number of urea groups is 1. The van der Waals surface area contributed by atoms with E-state index >= 15 is 0 Å². The average molecular weight is 271 g/mol. The van der Waals surface area contributed by atoms with Gasteiger partial charge in [-0.2, -0.15) is 0 Å². The Morgan fingerprint density at radius 2 is 2.21 bits per heavy atom. The fraction of sp³-hybridized carbons (Fsp3) is 0.750. The van der Waals surface area contributed by atoms with Crippen molar-refractivity contribution in [2.24, 2.45) is 0 Å². The topological polar surface area (TPSA) is 98.7 Å². The Balaban J connectivity index is 2.64. The molecule has 0 aliphatic carbocycles. The highest BCUT2D eigenvalue weighted by Crippen LogP contribution is 2.09. The lowest BCUT2D eigenvalue weighted by molar-refractivity contribution is -0.137. The van der Waals surface area contributed by atoms with Crippen LogP contribution in [0.1, 0.15) is 33.1 Å². The summed E-state index contributed by atoms with van der Waals surface area (Å²) in [6, 6.07) is -1.25. The number of rotatable bonds is 5. The van der Waals surface area contributed by atoms with Crippen molar-refractivity contribution < 1.29 is 19.5 Å². The lowest BCUT2D eigenvalue weighted by Crippen LogP contribution is -2.60. The molecule has 1 fully saturated rings. The number of carbonyl (C=O) groups is 3. The van der Waals surface area contributed by atoms with E-state index in [1.807, 2.05) is 13.8 Å². The molecule has 7 nitrogen and oxygen atoms in total. The smallest absolute Gasteiger partial charge is 0.318 e. The SMILES string of the molecule is CCC(CC(=O)O)NC(=O)N1CCNC(=O)C1CC. The van der Waals surface area contributed by atoms with Crippen LogP contribution in [-0.4, -0.2) is 53.1 Å². The molecule has 0 spiro atoms. The molecule has 1 rings (SSSR count). The summed E-state index contributed by atoms with van der Waals surface area (Å²) in [6.45, 7) is 4.52. The number of aliphatic carboxylic acids is 1. The molecule has 1 heterocycles. The number of piperazine rings is 1. The van der Waals surface area contributed by atoms with E-state index in [9.17, 15) is 14.4 Å². The van der Waals surface area contributed by atoms with E-state index in [4.69, 9.17) is 5.11 Å². The molecule has 1 aliphatic heterocycles. The fourth-order valence-electron chi connectivity index (χ4n) is 2.13. The number of carbonyl (C=O) groups excluding carboxylic acids is 2. The molecule has 0 saturated carbocycles. The lowest BCUT2D eigenvalue weighted by atomic mass is 10.1. The predicted octanol–water partition coefficient (Wildman–Crippen LogP) is 0.160. The van der Waals surface area contributed by atoms with Crippen LogP contribution in [0.15, 0.2) is 0 Å². The lowest BCUT2D eigenvalue weighted by Gasteiger charge is -2.35. The molecule has 0 radical (unpaired) electrons. The van der Waals surface area contributed by atoms with Gasteiger partial charge in [0, 0.05) is 19.1 Å². The second-order valence-electron chi connectivity index (χ2n) is 4.56. The molecule has 1 aliphatic rings. The Hall–Kier alpha value is -1.79. The first kappa shape index (κ1) is 15.3. The van der Waals surface area contributed by atoms with Gasteiger partial charge >= 0.3 is 12.0 Å². The Morgan fingerprint density at radius 3 is 2.74 bits per heavy atom. The quantitative estimate of drug-likeness (QED) is 0.663. The molecule has 2 atom stereocenters. The zero-order chi connectivity index (χ0) is 14.4. The van der Waals surface area contributed by atoms with Gasteiger partial charge in [-0.05, 0) is 12.8 Å². The normalized spacial score (nSPS) is 20.6. The Bertz CT molecular complexity index is 359. The number of carboxylic acids is 1. The van der Waals surface area contributed by atoms with Crippen molar-refractivity contribution >= 4 is 17.9 Å². The third kappa shape index (κ3) is 4.11. The van der Waals surface area contributed by atoms with E-state index in [2.05, 4.69) is 10.6 Å². The first-order valence-electron chi connectivity index (χ1n) is 6.56.